The molecular weight excluding hydrogens is 292 g/mol. The van der Waals surface area contributed by atoms with Gasteiger partial charge in [-0.25, -0.2) is 9.78 Å². The first-order valence-corrected chi connectivity index (χ1v) is 7.76. The molecule has 0 aliphatic carbocycles. The van der Waals surface area contributed by atoms with Crippen molar-refractivity contribution in [2.45, 2.75) is 33.2 Å². The Balaban J connectivity index is 2.04. The zero-order chi connectivity index (χ0) is 16.7. The number of aromatic nitrogens is 2. The molecule has 1 unspecified atom stereocenters. The Morgan fingerprint density at radius 1 is 1.22 bits per heavy atom. The average molecular weight is 314 g/mol. The minimum Gasteiger partial charge on any atom is -0.462 e. The summed E-state index contributed by atoms with van der Waals surface area (Å²) in [6.45, 7) is 6.34. The van der Waals surface area contributed by atoms with Crippen LogP contribution in [0.1, 0.15) is 37.6 Å². The second-order valence-electron chi connectivity index (χ2n) is 5.14. The van der Waals surface area contributed by atoms with Crippen molar-refractivity contribution in [3.05, 3.63) is 42.1 Å². The van der Waals surface area contributed by atoms with Gasteiger partial charge in [-0.15, -0.1) is 0 Å². The van der Waals surface area contributed by atoms with Crippen molar-refractivity contribution >= 4 is 23.4 Å². The van der Waals surface area contributed by atoms with Crippen molar-refractivity contribution in [1.29, 1.82) is 0 Å². The van der Waals surface area contributed by atoms with Crippen LogP contribution in [-0.4, -0.2) is 28.6 Å². The van der Waals surface area contributed by atoms with Crippen LogP contribution < -0.4 is 10.6 Å². The first-order valence-electron chi connectivity index (χ1n) is 7.76. The first kappa shape index (κ1) is 16.7. The Bertz CT molecular complexity index is 643. The number of anilines is 3. The van der Waals surface area contributed by atoms with E-state index in [1.807, 2.05) is 12.1 Å². The summed E-state index contributed by atoms with van der Waals surface area (Å²) >= 11 is 0. The van der Waals surface area contributed by atoms with Crippen molar-refractivity contribution in [2.24, 2.45) is 0 Å². The highest BCUT2D eigenvalue weighted by molar-refractivity contribution is 5.89. The van der Waals surface area contributed by atoms with Crippen molar-refractivity contribution in [1.82, 2.24) is 9.97 Å². The Labute approximate surface area is 136 Å². The van der Waals surface area contributed by atoms with E-state index in [1.54, 1.807) is 31.3 Å². The molecule has 0 aliphatic heterocycles. The van der Waals surface area contributed by atoms with Gasteiger partial charge in [0.05, 0.1) is 12.2 Å². The summed E-state index contributed by atoms with van der Waals surface area (Å²) in [7, 11) is 0. The predicted molar refractivity (Wildman–Crippen MR) is 91.1 cm³/mol. The van der Waals surface area contributed by atoms with Crippen molar-refractivity contribution in [2.75, 3.05) is 17.2 Å². The highest BCUT2D eigenvalue weighted by atomic mass is 16.5. The number of carbonyl (C=O) groups excluding carboxylic acids is 1. The highest BCUT2D eigenvalue weighted by Gasteiger charge is 2.06. The van der Waals surface area contributed by atoms with Crippen molar-refractivity contribution in [3.63, 3.8) is 0 Å². The third-order valence-electron chi connectivity index (χ3n) is 3.31. The van der Waals surface area contributed by atoms with E-state index in [0.29, 0.717) is 30.0 Å². The van der Waals surface area contributed by atoms with Gasteiger partial charge in [-0.05, 0) is 50.6 Å². The van der Waals surface area contributed by atoms with Gasteiger partial charge >= 0.3 is 5.97 Å². The number of carbonyl (C=O) groups is 1. The number of hydrogen-bond donors (Lipinski definition) is 2. The monoisotopic (exact) mass is 314 g/mol. The maximum atomic E-state index is 11.6. The Morgan fingerprint density at radius 3 is 2.61 bits per heavy atom. The molecule has 2 aromatic rings. The van der Waals surface area contributed by atoms with Crippen LogP contribution in [0, 0.1) is 0 Å². The minimum atomic E-state index is -0.318. The molecule has 1 atom stereocenters. The van der Waals surface area contributed by atoms with Crippen LogP contribution in [0.3, 0.4) is 0 Å². The smallest absolute Gasteiger partial charge is 0.338 e. The molecule has 0 radical (unpaired) electrons. The molecule has 0 saturated heterocycles. The summed E-state index contributed by atoms with van der Waals surface area (Å²) in [5, 5.41) is 6.42. The van der Waals surface area contributed by atoms with Gasteiger partial charge in [0.1, 0.15) is 5.82 Å². The molecule has 0 saturated carbocycles. The van der Waals surface area contributed by atoms with Gasteiger partial charge in [0.25, 0.3) is 0 Å². The molecule has 1 heterocycles. The summed E-state index contributed by atoms with van der Waals surface area (Å²) in [6.07, 6.45) is 2.70. The lowest BCUT2D eigenvalue weighted by Crippen LogP contribution is -2.15. The van der Waals surface area contributed by atoms with E-state index in [0.717, 1.165) is 12.1 Å². The normalized spacial score (nSPS) is 11.6. The van der Waals surface area contributed by atoms with E-state index in [9.17, 15) is 4.79 Å². The van der Waals surface area contributed by atoms with E-state index in [1.165, 1.54) is 0 Å². The fourth-order valence-electron chi connectivity index (χ4n) is 1.87. The summed E-state index contributed by atoms with van der Waals surface area (Å²) in [6, 6.07) is 9.18. The zero-order valence-corrected chi connectivity index (χ0v) is 13.7. The van der Waals surface area contributed by atoms with Gasteiger partial charge in [0.15, 0.2) is 0 Å². The second kappa shape index (κ2) is 8.12. The quantitative estimate of drug-likeness (QED) is 0.760. The predicted octanol–water partition coefficient (Wildman–Crippen LogP) is 3.61. The maximum absolute atomic E-state index is 11.6. The minimum absolute atomic E-state index is 0.314. The van der Waals surface area contributed by atoms with Crippen LogP contribution in [0.15, 0.2) is 36.5 Å². The van der Waals surface area contributed by atoms with Crippen LogP contribution in [0.5, 0.6) is 0 Å². The van der Waals surface area contributed by atoms with Gasteiger partial charge in [0.2, 0.25) is 5.95 Å². The SMILES string of the molecule is CCOC(=O)c1ccc(Nc2ccnc(NC(C)CC)n2)cc1. The molecule has 0 aliphatic rings. The van der Waals surface area contributed by atoms with Gasteiger partial charge in [-0.1, -0.05) is 6.92 Å². The molecule has 0 fully saturated rings. The number of hydrogen-bond acceptors (Lipinski definition) is 6. The van der Waals surface area contributed by atoms with Crippen LogP contribution in [0.25, 0.3) is 0 Å². The van der Waals surface area contributed by atoms with E-state index in [2.05, 4.69) is 34.4 Å². The lowest BCUT2D eigenvalue weighted by molar-refractivity contribution is 0.0526. The molecule has 6 nitrogen and oxygen atoms in total. The van der Waals surface area contributed by atoms with Gasteiger partial charge in [-0.3, -0.25) is 0 Å². The molecular formula is C17H22N4O2. The molecule has 1 aromatic carbocycles. The largest absolute Gasteiger partial charge is 0.462 e. The number of nitrogens with one attached hydrogen (secondary N) is 2. The second-order valence-corrected chi connectivity index (χ2v) is 5.14. The van der Waals surface area contributed by atoms with Gasteiger partial charge < -0.3 is 15.4 Å². The summed E-state index contributed by atoms with van der Waals surface area (Å²) in [4.78, 5) is 20.2. The van der Waals surface area contributed by atoms with Crippen molar-refractivity contribution < 1.29 is 9.53 Å². The summed E-state index contributed by atoms with van der Waals surface area (Å²) in [5.41, 5.74) is 1.37. The number of nitrogens with zero attached hydrogens (tertiary/aromatic N) is 2. The third-order valence-corrected chi connectivity index (χ3v) is 3.31. The first-order chi connectivity index (χ1) is 11.1. The van der Waals surface area contributed by atoms with Crippen LogP contribution in [0.4, 0.5) is 17.5 Å². The molecule has 0 spiro atoms. The third kappa shape index (κ3) is 4.95. The summed E-state index contributed by atoms with van der Waals surface area (Å²) in [5.74, 6) is 0.961. The molecule has 2 rings (SSSR count). The Kier molecular flexibility index (Phi) is 5.91. The lowest BCUT2D eigenvalue weighted by Gasteiger charge is -2.12. The van der Waals surface area contributed by atoms with Crippen LogP contribution >= 0.6 is 0 Å². The number of rotatable bonds is 7. The Morgan fingerprint density at radius 2 is 1.96 bits per heavy atom. The van der Waals surface area contributed by atoms with Gasteiger partial charge in [0, 0.05) is 17.9 Å². The molecule has 0 amide bonds. The van der Waals surface area contributed by atoms with Crippen LogP contribution in [0.2, 0.25) is 0 Å². The van der Waals surface area contributed by atoms with Crippen LogP contribution in [-0.2, 0) is 4.74 Å². The molecule has 2 N–H and O–H groups in total. The highest BCUT2D eigenvalue weighted by Crippen LogP contribution is 2.17. The van der Waals surface area contributed by atoms with E-state index < -0.39 is 0 Å². The molecule has 1 aromatic heterocycles. The molecule has 6 heteroatoms. The number of benzene rings is 1. The Hall–Kier alpha value is -2.63. The van der Waals surface area contributed by atoms with E-state index in [-0.39, 0.29) is 5.97 Å². The fourth-order valence-corrected chi connectivity index (χ4v) is 1.87. The zero-order valence-electron chi connectivity index (χ0n) is 13.7. The average Bonchev–Trinajstić information content (AvgIpc) is 2.56. The number of esters is 1. The molecule has 122 valence electrons. The fraction of sp³-hybridized carbons (Fsp3) is 0.353. The lowest BCUT2D eigenvalue weighted by atomic mass is 10.2. The molecule has 23 heavy (non-hydrogen) atoms. The summed E-state index contributed by atoms with van der Waals surface area (Å²) < 4.78 is 4.96. The molecule has 0 bridgehead atoms. The topological polar surface area (TPSA) is 76.1 Å². The standard InChI is InChI=1S/C17H22N4O2/c1-4-12(3)19-17-18-11-10-15(21-17)20-14-8-6-13(7-9-14)16(22)23-5-2/h6-12H,4-5H2,1-3H3,(H2,18,19,20,21). The van der Waals surface area contributed by atoms with E-state index >= 15 is 0 Å². The van der Waals surface area contributed by atoms with Crippen molar-refractivity contribution in [3.8, 4) is 0 Å². The number of ether oxygens (including phenoxy) is 1. The maximum Gasteiger partial charge on any atom is 0.338 e. The van der Waals surface area contributed by atoms with Gasteiger partial charge in [-0.2, -0.15) is 4.98 Å². The van der Waals surface area contributed by atoms with E-state index in [4.69, 9.17) is 4.74 Å².